The number of likely N-dealkylation sites (N-methyl/N-ethyl adjacent to an activating group) is 1. The third kappa shape index (κ3) is 11.4. The molecule has 1 saturated heterocycles. The monoisotopic (exact) mass is 574 g/mol. The van der Waals surface area contributed by atoms with Crippen molar-refractivity contribution >= 4 is 29.6 Å². The van der Waals surface area contributed by atoms with Gasteiger partial charge in [-0.1, -0.05) is 32.9 Å². The highest BCUT2D eigenvalue weighted by Crippen LogP contribution is 2.17. The van der Waals surface area contributed by atoms with Gasteiger partial charge in [-0.3, -0.25) is 34.8 Å². The van der Waals surface area contributed by atoms with Gasteiger partial charge >= 0.3 is 0 Å². The molecule has 0 bridgehead atoms. The van der Waals surface area contributed by atoms with Gasteiger partial charge in [0.1, 0.15) is 17.8 Å². The number of benzene rings is 1. The van der Waals surface area contributed by atoms with Crippen LogP contribution < -0.4 is 32.7 Å². The van der Waals surface area contributed by atoms with Gasteiger partial charge in [0, 0.05) is 6.54 Å². The lowest BCUT2D eigenvalue weighted by molar-refractivity contribution is -0.137. The molecule has 1 aromatic rings. The van der Waals surface area contributed by atoms with Crippen molar-refractivity contribution in [2.45, 2.75) is 83.5 Å². The molecule has 13 nitrogen and oxygen atoms in total. The topological polar surface area (TPSA) is 216 Å². The van der Waals surface area contributed by atoms with E-state index in [1.807, 2.05) is 25.7 Å². The number of phenolic OH excluding ortho intramolecular Hbond substituents is 1. The number of nitrogens with zero attached hydrogens (tertiary/aromatic N) is 1. The highest BCUT2D eigenvalue weighted by Gasteiger charge is 2.33. The Morgan fingerprint density at radius 3 is 2.34 bits per heavy atom. The number of nitrogens with one attached hydrogen (secondary N) is 5. The number of carbonyl (C=O) groups is 4. The minimum absolute atomic E-state index is 0.0374. The van der Waals surface area contributed by atoms with E-state index < -0.39 is 47.8 Å². The summed E-state index contributed by atoms with van der Waals surface area (Å²) in [5, 5.41) is 27.3. The highest BCUT2D eigenvalue weighted by molar-refractivity contribution is 6.01. The van der Waals surface area contributed by atoms with E-state index in [0.29, 0.717) is 32.4 Å². The third-order valence-corrected chi connectivity index (χ3v) is 7.01. The van der Waals surface area contributed by atoms with E-state index in [0.717, 1.165) is 18.5 Å². The van der Waals surface area contributed by atoms with Gasteiger partial charge in [0.15, 0.2) is 5.96 Å². The van der Waals surface area contributed by atoms with Gasteiger partial charge in [-0.15, -0.1) is 0 Å². The zero-order valence-electron chi connectivity index (χ0n) is 24.2. The molecular weight excluding hydrogens is 528 g/mol. The molecule has 228 valence electrons. The lowest BCUT2D eigenvalue weighted by Gasteiger charge is -2.26. The Balaban J connectivity index is 2.10. The first-order valence-electron chi connectivity index (χ1n) is 14.2. The molecule has 41 heavy (non-hydrogen) atoms. The van der Waals surface area contributed by atoms with Crippen LogP contribution in [0.2, 0.25) is 0 Å². The van der Waals surface area contributed by atoms with Gasteiger partial charge in [0.05, 0.1) is 12.1 Å². The Morgan fingerprint density at radius 2 is 1.73 bits per heavy atom. The summed E-state index contributed by atoms with van der Waals surface area (Å²) in [4.78, 5) is 54.4. The van der Waals surface area contributed by atoms with Crippen LogP contribution in [0.5, 0.6) is 5.75 Å². The normalized spacial score (nSPS) is 17.3. The molecule has 0 radical (unpaired) electrons. The number of aromatic hydroxyl groups is 1. The van der Waals surface area contributed by atoms with Crippen molar-refractivity contribution in [2.75, 3.05) is 19.6 Å². The summed E-state index contributed by atoms with van der Waals surface area (Å²) in [7, 11) is 0. The quantitative estimate of drug-likeness (QED) is 0.0780. The molecule has 4 atom stereocenters. The van der Waals surface area contributed by atoms with Gasteiger partial charge in [0.2, 0.25) is 23.6 Å². The molecule has 0 aliphatic carbocycles. The van der Waals surface area contributed by atoms with Crippen molar-refractivity contribution in [1.82, 2.24) is 26.2 Å². The first kappa shape index (κ1) is 33.5. The van der Waals surface area contributed by atoms with Gasteiger partial charge in [0.25, 0.3) is 0 Å². The largest absolute Gasteiger partial charge is 0.508 e. The molecule has 4 amide bonds. The van der Waals surface area contributed by atoms with Crippen LogP contribution >= 0.6 is 0 Å². The molecule has 10 N–H and O–H groups in total. The average molecular weight is 575 g/mol. The van der Waals surface area contributed by atoms with Crippen molar-refractivity contribution in [3.8, 4) is 5.75 Å². The molecular formula is C28H46N8O5. The minimum Gasteiger partial charge on any atom is -0.508 e. The molecule has 13 heteroatoms. The summed E-state index contributed by atoms with van der Waals surface area (Å²) < 4.78 is 0. The predicted molar refractivity (Wildman–Crippen MR) is 156 cm³/mol. The van der Waals surface area contributed by atoms with Crippen LogP contribution in [0.25, 0.3) is 0 Å². The number of nitrogens with two attached hydrogens (primary N) is 2. The van der Waals surface area contributed by atoms with E-state index in [2.05, 4.69) is 21.3 Å². The maximum atomic E-state index is 13.4. The van der Waals surface area contributed by atoms with E-state index in [1.54, 1.807) is 12.1 Å². The number of likely N-dealkylation sites (tertiary alicyclic amines) is 1. The first-order valence-corrected chi connectivity index (χ1v) is 14.2. The van der Waals surface area contributed by atoms with Gasteiger partial charge in [-0.05, 0) is 75.2 Å². The number of hydrogen-bond donors (Lipinski definition) is 8. The molecule has 0 aromatic heterocycles. The maximum absolute atomic E-state index is 13.4. The van der Waals surface area contributed by atoms with Crippen molar-refractivity contribution in [3.05, 3.63) is 29.8 Å². The second kappa shape index (κ2) is 16.5. The third-order valence-electron chi connectivity index (χ3n) is 7.01. The highest BCUT2D eigenvalue weighted by atomic mass is 16.3. The fourth-order valence-electron chi connectivity index (χ4n) is 4.82. The van der Waals surface area contributed by atoms with E-state index in [1.165, 1.54) is 12.1 Å². The van der Waals surface area contributed by atoms with Gasteiger partial charge in [-0.2, -0.15) is 0 Å². The Hall–Kier alpha value is -3.71. The van der Waals surface area contributed by atoms with Crippen LogP contribution in [0.1, 0.15) is 58.4 Å². The van der Waals surface area contributed by atoms with Crippen molar-refractivity contribution in [2.24, 2.45) is 17.4 Å². The van der Waals surface area contributed by atoms with E-state index in [-0.39, 0.29) is 30.5 Å². The van der Waals surface area contributed by atoms with Crippen molar-refractivity contribution in [1.29, 1.82) is 5.41 Å². The fourth-order valence-corrected chi connectivity index (χ4v) is 4.82. The number of carbonyl (C=O) groups excluding carboxylic acids is 4. The number of amides is 4. The smallest absolute Gasteiger partial charge is 0.249 e. The van der Waals surface area contributed by atoms with E-state index in [9.17, 15) is 24.3 Å². The summed E-state index contributed by atoms with van der Waals surface area (Å²) in [6, 6.07) is 2.99. The standard InChI is InChI=1S/C28H46N8O5/c1-4-36-14-6-8-23(36)27(41)35-25(39)21(7-5-13-32-28(30)31)33-26(40)22(15-17(2)3)34-24(38)20(29)16-18-9-11-19(37)12-10-18/h9-12,17,20-23,37H,4-8,13-16,29H2,1-3H3,(H,33,40)(H,34,38)(H4,30,31,32)(H,35,39,41)/t20-,21-,22+,23-/m0/s1. The Morgan fingerprint density at radius 1 is 1.07 bits per heavy atom. The maximum Gasteiger partial charge on any atom is 0.249 e. The second-order valence-corrected chi connectivity index (χ2v) is 10.9. The summed E-state index contributed by atoms with van der Waals surface area (Å²) >= 11 is 0. The molecule has 2 rings (SSSR count). The van der Waals surface area contributed by atoms with Gasteiger partial charge in [-0.25, -0.2) is 0 Å². The molecule has 1 fully saturated rings. The van der Waals surface area contributed by atoms with Crippen LogP contribution in [0, 0.1) is 11.3 Å². The summed E-state index contributed by atoms with van der Waals surface area (Å²) in [6.45, 7) is 7.53. The Kier molecular flexibility index (Phi) is 13.5. The number of imide groups is 1. The van der Waals surface area contributed by atoms with Crippen LogP contribution in [-0.2, 0) is 25.6 Å². The summed E-state index contributed by atoms with van der Waals surface area (Å²) in [5.74, 6) is -2.20. The zero-order chi connectivity index (χ0) is 30.5. The van der Waals surface area contributed by atoms with Crippen LogP contribution in [0.3, 0.4) is 0 Å². The number of phenols is 1. The fraction of sp³-hybridized carbons (Fsp3) is 0.607. The van der Waals surface area contributed by atoms with Gasteiger partial charge < -0.3 is 32.5 Å². The first-order chi connectivity index (χ1) is 19.4. The van der Waals surface area contributed by atoms with Crippen molar-refractivity contribution in [3.63, 3.8) is 0 Å². The van der Waals surface area contributed by atoms with E-state index >= 15 is 0 Å². The molecule has 0 spiro atoms. The number of hydrogen-bond acceptors (Lipinski definition) is 8. The number of rotatable bonds is 15. The zero-order valence-corrected chi connectivity index (χ0v) is 24.2. The molecule has 1 aliphatic rings. The van der Waals surface area contributed by atoms with Crippen molar-refractivity contribution < 1.29 is 24.3 Å². The lowest BCUT2D eigenvalue weighted by atomic mass is 10.0. The number of guanidine groups is 1. The summed E-state index contributed by atoms with van der Waals surface area (Å²) in [5.41, 5.74) is 12.2. The molecule has 1 heterocycles. The second-order valence-electron chi connectivity index (χ2n) is 10.9. The van der Waals surface area contributed by atoms with Crippen LogP contribution in [-0.4, -0.2) is 83.4 Å². The molecule has 1 aromatic carbocycles. The average Bonchev–Trinajstić information content (AvgIpc) is 3.40. The Bertz CT molecular complexity index is 1050. The Labute approximate surface area is 241 Å². The lowest BCUT2D eigenvalue weighted by Crippen LogP contribution is -2.57. The van der Waals surface area contributed by atoms with Crippen LogP contribution in [0.15, 0.2) is 24.3 Å². The summed E-state index contributed by atoms with van der Waals surface area (Å²) in [6.07, 6.45) is 2.58. The van der Waals surface area contributed by atoms with Crippen LogP contribution in [0.4, 0.5) is 0 Å². The molecule has 0 saturated carbocycles. The SMILES string of the molecule is CCN1CCC[C@H]1C(=O)NC(=O)[C@H](CCCNC(=N)N)NC(=O)[C@@H](CC(C)C)NC(=O)[C@@H](N)Cc1ccc(O)cc1. The minimum atomic E-state index is -1.05. The molecule has 0 unspecified atom stereocenters. The predicted octanol–water partition coefficient (Wildman–Crippen LogP) is -0.332. The molecule has 1 aliphatic heterocycles. The van der Waals surface area contributed by atoms with E-state index in [4.69, 9.17) is 16.9 Å².